The van der Waals surface area contributed by atoms with Crippen LogP contribution in [0, 0.1) is 0 Å². The molecule has 0 radical (unpaired) electrons. The molecule has 14 heavy (non-hydrogen) atoms. The summed E-state index contributed by atoms with van der Waals surface area (Å²) in [5.74, 6) is -0.941. The van der Waals surface area contributed by atoms with Gasteiger partial charge in [-0.05, 0) is 51.9 Å². The number of ketones is 1. The Morgan fingerprint density at radius 1 is 1.21 bits per heavy atom. The van der Waals surface area contributed by atoms with Crippen LogP contribution in [0.5, 0.6) is 0 Å². The number of carbonyl (C=O) groups excluding carboxylic acids is 1. The molecule has 0 aliphatic carbocycles. The van der Waals surface area contributed by atoms with Gasteiger partial charge in [0, 0.05) is 18.2 Å². The van der Waals surface area contributed by atoms with Gasteiger partial charge in [0.2, 0.25) is 0 Å². The van der Waals surface area contributed by atoms with E-state index >= 15 is 0 Å². The van der Waals surface area contributed by atoms with Crippen LogP contribution in [0.3, 0.4) is 0 Å². The van der Waals surface area contributed by atoms with Gasteiger partial charge in [-0.3, -0.25) is 4.79 Å². The van der Waals surface area contributed by atoms with Crippen LogP contribution in [0.15, 0.2) is 9.15 Å². The molecule has 0 unspecified atom stereocenters. The van der Waals surface area contributed by atoms with Gasteiger partial charge >= 0.3 is 0 Å². The predicted octanol–water partition coefficient (Wildman–Crippen LogP) is 4.64. The minimum atomic E-state index is -2.13. The maximum Gasteiger partial charge on any atom is 0.133 e. The zero-order valence-corrected chi connectivity index (χ0v) is 11.3. The number of carbonyl (C=O) groups is 1. The summed E-state index contributed by atoms with van der Waals surface area (Å²) in [6.07, 6.45) is -2.71. The average Bonchev–Trinajstić information content (AvgIpc) is 2.33. The zero-order chi connectivity index (χ0) is 14.6. The normalized spacial score (nSPS) is 18.9. The molecule has 0 atom stereocenters. The molecule has 0 amide bonds. The van der Waals surface area contributed by atoms with Gasteiger partial charge in [0.05, 0.1) is 0 Å². The summed E-state index contributed by atoms with van der Waals surface area (Å²) >= 11 is 2.17. The first-order valence-corrected chi connectivity index (χ1v) is 6.11. The molecule has 0 aliphatic heterocycles. The van der Waals surface area contributed by atoms with E-state index in [0.717, 1.165) is 15.6 Å². The van der Waals surface area contributed by atoms with Crippen molar-refractivity contribution in [2.24, 2.45) is 0 Å². The van der Waals surface area contributed by atoms with Gasteiger partial charge in [-0.15, -0.1) is 0 Å². The third-order valence-corrected chi connectivity index (χ3v) is 3.45. The summed E-state index contributed by atoms with van der Waals surface area (Å²) in [6.45, 7) is 5.47. The van der Waals surface area contributed by atoms with E-state index in [0.29, 0.717) is 6.42 Å². The molecule has 0 fully saturated rings. The van der Waals surface area contributed by atoms with Gasteiger partial charge in [-0.25, -0.2) is 0 Å². The first kappa shape index (κ1) is 8.31. The molecule has 0 N–H and O–H groups in total. The molecule has 0 aliphatic rings. The minimum Gasteiger partial charge on any atom is -0.300 e. The SMILES string of the molecule is [2H]C([2H])(CC)C(=O)C([2H])([2H])C/C(CC)=C(\I)CC. The second-order valence-electron chi connectivity index (χ2n) is 2.93. The second kappa shape index (κ2) is 8.45. The fraction of sp³-hybridized carbons (Fsp3) is 0.750. The first-order valence-electron chi connectivity index (χ1n) is 7.03. The van der Waals surface area contributed by atoms with Gasteiger partial charge in [-0.2, -0.15) is 0 Å². The van der Waals surface area contributed by atoms with Crippen LogP contribution in [-0.2, 0) is 4.79 Å². The standard InChI is InChI=1S/C12H21IO/c1-4-7-11(14)9-8-10(5-2)12(13)6-3/h4-9H2,1-3H3/b12-10-/i7D2,9D2. The lowest BCUT2D eigenvalue weighted by Gasteiger charge is -2.07. The largest absolute Gasteiger partial charge is 0.300 e. The smallest absolute Gasteiger partial charge is 0.133 e. The van der Waals surface area contributed by atoms with Gasteiger partial charge in [0.25, 0.3) is 0 Å². The maximum atomic E-state index is 11.9. The van der Waals surface area contributed by atoms with E-state index in [4.69, 9.17) is 5.48 Å². The topological polar surface area (TPSA) is 17.1 Å². The van der Waals surface area contributed by atoms with E-state index in [1.54, 1.807) is 6.92 Å². The second-order valence-corrected chi connectivity index (χ2v) is 4.23. The van der Waals surface area contributed by atoms with Crippen LogP contribution >= 0.6 is 22.6 Å². The van der Waals surface area contributed by atoms with Crippen molar-refractivity contribution in [3.05, 3.63) is 9.15 Å². The number of halogens is 1. The molecule has 0 saturated carbocycles. The molecule has 0 bridgehead atoms. The zero-order valence-electron chi connectivity index (χ0n) is 13.1. The van der Waals surface area contributed by atoms with Crippen molar-refractivity contribution in [1.82, 2.24) is 0 Å². The Hall–Kier alpha value is 0.140. The third-order valence-electron chi connectivity index (χ3n) is 1.92. The van der Waals surface area contributed by atoms with E-state index < -0.39 is 18.5 Å². The van der Waals surface area contributed by atoms with Crippen molar-refractivity contribution >= 4 is 28.4 Å². The summed E-state index contributed by atoms with van der Waals surface area (Å²) in [6, 6.07) is 0. The van der Waals surface area contributed by atoms with Crippen LogP contribution in [0.25, 0.3) is 0 Å². The van der Waals surface area contributed by atoms with Crippen molar-refractivity contribution in [3.8, 4) is 0 Å². The molecule has 0 saturated heterocycles. The quantitative estimate of drug-likeness (QED) is 0.626. The van der Waals surface area contributed by atoms with Crippen molar-refractivity contribution in [2.45, 2.75) is 59.2 Å². The monoisotopic (exact) mass is 312 g/mol. The number of allylic oxidation sites excluding steroid dienone is 2. The van der Waals surface area contributed by atoms with Crippen LogP contribution in [0.2, 0.25) is 0 Å². The summed E-state index contributed by atoms with van der Waals surface area (Å²) in [4.78, 5) is 11.9. The Labute approximate surface area is 107 Å². The number of hydrogen-bond acceptors (Lipinski definition) is 1. The lowest BCUT2D eigenvalue weighted by molar-refractivity contribution is -0.119. The number of rotatable bonds is 7. The highest BCUT2D eigenvalue weighted by Crippen LogP contribution is 2.23. The molecule has 1 nitrogen and oxygen atoms in total. The third kappa shape index (κ3) is 5.78. The fourth-order valence-corrected chi connectivity index (χ4v) is 1.64. The van der Waals surface area contributed by atoms with Crippen molar-refractivity contribution in [1.29, 1.82) is 0 Å². The Balaban J connectivity index is 5.12. The lowest BCUT2D eigenvalue weighted by Crippen LogP contribution is -1.98. The molecule has 82 valence electrons. The summed E-state index contributed by atoms with van der Waals surface area (Å²) in [5.41, 5.74) is 0.906. The lowest BCUT2D eigenvalue weighted by atomic mass is 10.0. The highest BCUT2D eigenvalue weighted by molar-refractivity contribution is 14.1. The van der Waals surface area contributed by atoms with Gasteiger partial charge in [0.15, 0.2) is 0 Å². The van der Waals surface area contributed by atoms with E-state index in [-0.39, 0.29) is 12.8 Å². The van der Waals surface area contributed by atoms with E-state index in [2.05, 4.69) is 22.6 Å². The van der Waals surface area contributed by atoms with Crippen LogP contribution in [0.4, 0.5) is 0 Å². The highest BCUT2D eigenvalue weighted by atomic mass is 127. The molecule has 0 aromatic carbocycles. The average molecular weight is 312 g/mol. The number of hydrogen-bond donors (Lipinski definition) is 0. The van der Waals surface area contributed by atoms with Crippen LogP contribution < -0.4 is 0 Å². The summed E-state index contributed by atoms with van der Waals surface area (Å²) < 4.78 is 31.8. The molecule has 0 aromatic heterocycles. The minimum absolute atomic E-state index is 0.00137. The Morgan fingerprint density at radius 3 is 2.29 bits per heavy atom. The van der Waals surface area contributed by atoms with E-state index in [1.807, 2.05) is 13.8 Å². The van der Waals surface area contributed by atoms with Crippen molar-refractivity contribution in [3.63, 3.8) is 0 Å². The van der Waals surface area contributed by atoms with E-state index in [1.165, 1.54) is 0 Å². The Kier molecular flexibility index (Phi) is 5.02. The fourth-order valence-electron chi connectivity index (χ4n) is 1.07. The maximum absolute atomic E-state index is 11.9. The van der Waals surface area contributed by atoms with Crippen molar-refractivity contribution < 1.29 is 10.3 Å². The van der Waals surface area contributed by atoms with Gasteiger partial charge in [-0.1, -0.05) is 26.3 Å². The number of Topliss-reactive ketones (excluding diaryl/α,β-unsaturated/α-hetero) is 1. The summed E-state index contributed by atoms with van der Waals surface area (Å²) in [7, 11) is 0. The van der Waals surface area contributed by atoms with Gasteiger partial charge < -0.3 is 0 Å². The van der Waals surface area contributed by atoms with Crippen LogP contribution in [0.1, 0.15) is 64.7 Å². The molecular weight excluding hydrogens is 287 g/mol. The molecule has 0 aromatic rings. The highest BCUT2D eigenvalue weighted by Gasteiger charge is 2.04. The summed E-state index contributed by atoms with van der Waals surface area (Å²) in [5, 5.41) is 0. The van der Waals surface area contributed by atoms with E-state index in [9.17, 15) is 4.79 Å². The Bertz CT molecular complexity index is 337. The van der Waals surface area contributed by atoms with Gasteiger partial charge in [0.1, 0.15) is 5.78 Å². The molecule has 0 heterocycles. The molecule has 2 heteroatoms. The Morgan fingerprint density at radius 2 is 1.86 bits per heavy atom. The molecule has 0 rings (SSSR count). The van der Waals surface area contributed by atoms with Crippen molar-refractivity contribution in [2.75, 3.05) is 0 Å². The van der Waals surface area contributed by atoms with Crippen LogP contribution in [-0.4, -0.2) is 5.78 Å². The predicted molar refractivity (Wildman–Crippen MR) is 70.8 cm³/mol. The molecular formula is C12H21IO. The molecule has 0 spiro atoms. The first-order chi connectivity index (χ1) is 8.12.